The zero-order valence-corrected chi connectivity index (χ0v) is 9.05. The molecule has 0 aromatic carbocycles. The van der Waals surface area contributed by atoms with E-state index in [4.69, 9.17) is 15.3 Å². The fraction of sp³-hybridized carbons (Fsp3) is 1.00. The molecule has 6 nitrogen and oxygen atoms in total. The predicted molar refractivity (Wildman–Crippen MR) is 55.7 cm³/mol. The lowest BCUT2D eigenvalue weighted by Crippen LogP contribution is -2.60. The monoisotopic (exact) mass is 219 g/mol. The summed E-state index contributed by atoms with van der Waals surface area (Å²) in [4.78, 5) is 0. The van der Waals surface area contributed by atoms with E-state index in [2.05, 4.69) is 0 Å². The molecule has 0 atom stereocenters. The van der Waals surface area contributed by atoms with E-state index in [1.165, 1.54) is 0 Å². The number of hydrogen-bond donors (Lipinski definition) is 3. The summed E-state index contributed by atoms with van der Waals surface area (Å²) in [7, 11) is 0. The Morgan fingerprint density at radius 2 is 1.20 bits per heavy atom. The SMILES string of the molecule is OCCN1CCCN(CCO)N1CCO. The van der Waals surface area contributed by atoms with Crippen LogP contribution in [0.2, 0.25) is 0 Å². The molecule has 0 aromatic heterocycles. The van der Waals surface area contributed by atoms with Gasteiger partial charge in [0.25, 0.3) is 0 Å². The van der Waals surface area contributed by atoms with Gasteiger partial charge in [0, 0.05) is 26.2 Å². The summed E-state index contributed by atoms with van der Waals surface area (Å²) in [5.41, 5.74) is 0. The lowest BCUT2D eigenvalue weighted by atomic mass is 10.3. The van der Waals surface area contributed by atoms with Crippen molar-refractivity contribution in [1.82, 2.24) is 15.1 Å². The van der Waals surface area contributed by atoms with Crippen LogP contribution >= 0.6 is 0 Å². The van der Waals surface area contributed by atoms with Crippen molar-refractivity contribution in [3.05, 3.63) is 0 Å². The summed E-state index contributed by atoms with van der Waals surface area (Å²) in [6.45, 7) is 3.72. The van der Waals surface area contributed by atoms with Gasteiger partial charge < -0.3 is 15.3 Å². The van der Waals surface area contributed by atoms with Gasteiger partial charge >= 0.3 is 0 Å². The Balaban J connectivity index is 2.53. The number of hydrazine groups is 2. The Morgan fingerprint density at radius 3 is 1.60 bits per heavy atom. The summed E-state index contributed by atoms with van der Waals surface area (Å²) < 4.78 is 0. The second-order valence-electron chi connectivity index (χ2n) is 3.53. The van der Waals surface area contributed by atoms with Crippen molar-refractivity contribution in [2.45, 2.75) is 6.42 Å². The quantitative estimate of drug-likeness (QED) is 0.485. The summed E-state index contributed by atoms with van der Waals surface area (Å²) >= 11 is 0. The molecule has 0 amide bonds. The molecule has 0 unspecified atom stereocenters. The van der Waals surface area contributed by atoms with Crippen LogP contribution in [-0.2, 0) is 0 Å². The highest BCUT2D eigenvalue weighted by Gasteiger charge is 2.25. The van der Waals surface area contributed by atoms with Crippen LogP contribution in [0.15, 0.2) is 0 Å². The lowest BCUT2D eigenvalue weighted by Gasteiger charge is -2.45. The molecule has 90 valence electrons. The topological polar surface area (TPSA) is 70.4 Å². The van der Waals surface area contributed by atoms with E-state index in [0.717, 1.165) is 19.5 Å². The first-order valence-corrected chi connectivity index (χ1v) is 5.43. The van der Waals surface area contributed by atoms with Gasteiger partial charge in [-0.3, -0.25) is 0 Å². The molecule has 0 aromatic rings. The fourth-order valence-electron chi connectivity index (χ4n) is 1.90. The third-order valence-corrected chi connectivity index (χ3v) is 2.50. The summed E-state index contributed by atoms with van der Waals surface area (Å²) in [5, 5.41) is 32.8. The van der Waals surface area contributed by atoms with E-state index < -0.39 is 0 Å². The second kappa shape index (κ2) is 7.10. The molecule has 6 heteroatoms. The maximum absolute atomic E-state index is 8.97. The molecule has 1 saturated heterocycles. The van der Waals surface area contributed by atoms with E-state index in [1.807, 2.05) is 15.1 Å². The third kappa shape index (κ3) is 3.67. The molecule has 1 fully saturated rings. The van der Waals surface area contributed by atoms with Gasteiger partial charge in [-0.25, -0.2) is 10.0 Å². The molecule has 3 N–H and O–H groups in total. The minimum absolute atomic E-state index is 0.0733. The number of nitrogens with zero attached hydrogens (tertiary/aromatic N) is 3. The maximum atomic E-state index is 8.97. The molecule has 0 radical (unpaired) electrons. The maximum Gasteiger partial charge on any atom is 0.0587 e. The Bertz CT molecular complexity index is 153. The van der Waals surface area contributed by atoms with Gasteiger partial charge in [0.15, 0.2) is 0 Å². The van der Waals surface area contributed by atoms with Crippen molar-refractivity contribution in [2.24, 2.45) is 0 Å². The van der Waals surface area contributed by atoms with Gasteiger partial charge in [0.2, 0.25) is 0 Å². The zero-order chi connectivity index (χ0) is 11.1. The standard InChI is InChI=1S/C9H21N3O3/c13-7-4-10-2-1-3-11(5-8-14)12(10)6-9-15/h13-15H,1-9H2. The van der Waals surface area contributed by atoms with Crippen LogP contribution in [0.3, 0.4) is 0 Å². The zero-order valence-electron chi connectivity index (χ0n) is 9.05. The van der Waals surface area contributed by atoms with Crippen molar-refractivity contribution in [3.8, 4) is 0 Å². The summed E-state index contributed by atoms with van der Waals surface area (Å²) in [6, 6.07) is 0. The Morgan fingerprint density at radius 1 is 0.733 bits per heavy atom. The van der Waals surface area contributed by atoms with Crippen LogP contribution in [0.25, 0.3) is 0 Å². The van der Waals surface area contributed by atoms with Gasteiger partial charge in [0.05, 0.1) is 26.4 Å². The first-order chi connectivity index (χ1) is 7.33. The summed E-state index contributed by atoms with van der Waals surface area (Å²) in [6.07, 6.45) is 1.02. The van der Waals surface area contributed by atoms with Gasteiger partial charge in [-0.2, -0.15) is 5.12 Å². The van der Waals surface area contributed by atoms with Gasteiger partial charge in [-0.15, -0.1) is 0 Å². The molecule has 1 aliphatic heterocycles. The van der Waals surface area contributed by atoms with Crippen LogP contribution in [-0.4, -0.2) is 83.0 Å². The van der Waals surface area contributed by atoms with Crippen LogP contribution in [0, 0.1) is 0 Å². The van der Waals surface area contributed by atoms with E-state index in [-0.39, 0.29) is 19.8 Å². The van der Waals surface area contributed by atoms with Gasteiger partial charge in [0.1, 0.15) is 0 Å². The van der Waals surface area contributed by atoms with Gasteiger partial charge in [-0.1, -0.05) is 0 Å². The number of aliphatic hydroxyl groups is 3. The largest absolute Gasteiger partial charge is 0.395 e. The van der Waals surface area contributed by atoms with Crippen molar-refractivity contribution >= 4 is 0 Å². The average Bonchev–Trinajstić information content (AvgIpc) is 2.23. The van der Waals surface area contributed by atoms with Crippen molar-refractivity contribution in [2.75, 3.05) is 52.5 Å². The van der Waals surface area contributed by atoms with E-state index >= 15 is 0 Å². The highest BCUT2D eigenvalue weighted by molar-refractivity contribution is 4.66. The van der Waals surface area contributed by atoms with Crippen molar-refractivity contribution < 1.29 is 15.3 Å². The molecule has 0 aliphatic carbocycles. The molecule has 0 spiro atoms. The lowest BCUT2D eigenvalue weighted by molar-refractivity contribution is -0.219. The van der Waals surface area contributed by atoms with Crippen molar-refractivity contribution in [3.63, 3.8) is 0 Å². The first kappa shape index (κ1) is 12.8. The van der Waals surface area contributed by atoms with Crippen LogP contribution in [0.5, 0.6) is 0 Å². The molecular formula is C9H21N3O3. The third-order valence-electron chi connectivity index (χ3n) is 2.50. The van der Waals surface area contributed by atoms with E-state index in [9.17, 15) is 0 Å². The number of rotatable bonds is 6. The highest BCUT2D eigenvalue weighted by atomic mass is 16.3. The molecular weight excluding hydrogens is 198 g/mol. The molecule has 1 heterocycles. The molecule has 1 rings (SSSR count). The van der Waals surface area contributed by atoms with Gasteiger partial charge in [-0.05, 0) is 6.42 Å². The minimum Gasteiger partial charge on any atom is -0.395 e. The normalized spacial score (nSPS) is 21.0. The Hall–Kier alpha value is -0.240. The van der Waals surface area contributed by atoms with Crippen LogP contribution < -0.4 is 0 Å². The molecule has 15 heavy (non-hydrogen) atoms. The summed E-state index contributed by atoms with van der Waals surface area (Å²) in [5.74, 6) is 0. The minimum atomic E-state index is 0.0733. The van der Waals surface area contributed by atoms with E-state index in [1.54, 1.807) is 0 Å². The first-order valence-electron chi connectivity index (χ1n) is 5.43. The predicted octanol–water partition coefficient (Wildman–Crippen LogP) is -1.90. The fourth-order valence-corrected chi connectivity index (χ4v) is 1.90. The smallest absolute Gasteiger partial charge is 0.0587 e. The Labute approximate surface area is 90.3 Å². The second-order valence-corrected chi connectivity index (χ2v) is 3.53. The van der Waals surface area contributed by atoms with Crippen LogP contribution in [0.4, 0.5) is 0 Å². The number of aliphatic hydroxyl groups excluding tert-OH is 3. The number of hydrogen-bond acceptors (Lipinski definition) is 6. The highest BCUT2D eigenvalue weighted by Crippen LogP contribution is 2.11. The van der Waals surface area contributed by atoms with E-state index in [0.29, 0.717) is 19.6 Å². The van der Waals surface area contributed by atoms with Crippen LogP contribution in [0.1, 0.15) is 6.42 Å². The average molecular weight is 219 g/mol. The molecule has 1 aliphatic rings. The molecule has 0 saturated carbocycles. The van der Waals surface area contributed by atoms with Crippen molar-refractivity contribution in [1.29, 1.82) is 0 Å². The Kier molecular flexibility index (Phi) is 6.07. The molecule has 0 bridgehead atoms. The number of β-amino-alcohol motifs (C(OH)–C–C–N with tert-alkyl or cyclic N) is 3.